The van der Waals surface area contributed by atoms with Gasteiger partial charge in [-0.25, -0.2) is 15.0 Å². The molecule has 1 amide bonds. The SMILES string of the molecule is COc1cc2c(C3C(=O)Nc4ccc(C#N)cc43)ncnc2cc1OCCc1ncc[nH]1. The van der Waals surface area contributed by atoms with Crippen molar-refractivity contribution in [3.8, 4) is 17.6 Å². The Balaban J connectivity index is 1.53. The molecule has 9 nitrogen and oxygen atoms in total. The van der Waals surface area contributed by atoms with Gasteiger partial charge in [-0.05, 0) is 29.8 Å². The summed E-state index contributed by atoms with van der Waals surface area (Å²) >= 11 is 0. The normalized spacial score (nSPS) is 14.6. The number of aromatic amines is 1. The molecule has 1 aliphatic rings. The highest BCUT2D eigenvalue weighted by Gasteiger charge is 2.34. The van der Waals surface area contributed by atoms with Crippen LogP contribution in [0.2, 0.25) is 0 Å². The zero-order chi connectivity index (χ0) is 22.1. The smallest absolute Gasteiger partial charge is 0.238 e. The van der Waals surface area contributed by atoms with Gasteiger partial charge in [0.15, 0.2) is 11.5 Å². The minimum atomic E-state index is -0.653. The average molecular weight is 426 g/mol. The number of rotatable bonds is 6. The third-order valence-electron chi connectivity index (χ3n) is 5.39. The molecule has 0 radical (unpaired) electrons. The summed E-state index contributed by atoms with van der Waals surface area (Å²) in [5.74, 6) is 1.03. The molecule has 32 heavy (non-hydrogen) atoms. The van der Waals surface area contributed by atoms with Crippen LogP contribution < -0.4 is 14.8 Å². The fraction of sp³-hybridized carbons (Fsp3) is 0.174. The molecule has 0 spiro atoms. The van der Waals surface area contributed by atoms with Crippen molar-refractivity contribution in [1.29, 1.82) is 5.26 Å². The zero-order valence-electron chi connectivity index (χ0n) is 17.1. The molecule has 0 saturated heterocycles. The van der Waals surface area contributed by atoms with Gasteiger partial charge in [0.05, 0.1) is 36.6 Å². The largest absolute Gasteiger partial charge is 0.493 e. The summed E-state index contributed by atoms with van der Waals surface area (Å²) in [6, 6.07) is 10.8. The van der Waals surface area contributed by atoms with Crippen LogP contribution in [-0.4, -0.2) is 39.6 Å². The Kier molecular flexibility index (Phi) is 4.88. The number of aromatic nitrogens is 4. The number of hydrogen-bond acceptors (Lipinski definition) is 7. The molecule has 2 aromatic carbocycles. The van der Waals surface area contributed by atoms with Crippen LogP contribution in [0.1, 0.15) is 28.6 Å². The molecule has 5 rings (SSSR count). The third kappa shape index (κ3) is 3.37. The molecule has 0 bridgehead atoms. The van der Waals surface area contributed by atoms with Crippen LogP contribution in [0.4, 0.5) is 5.69 Å². The van der Waals surface area contributed by atoms with Gasteiger partial charge < -0.3 is 19.8 Å². The maximum Gasteiger partial charge on any atom is 0.238 e. The van der Waals surface area contributed by atoms with E-state index in [9.17, 15) is 10.1 Å². The molecule has 9 heteroatoms. The number of ether oxygens (including phenoxy) is 2. The highest BCUT2D eigenvalue weighted by molar-refractivity contribution is 6.07. The van der Waals surface area contributed by atoms with E-state index >= 15 is 0 Å². The number of benzene rings is 2. The lowest BCUT2D eigenvalue weighted by molar-refractivity contribution is -0.116. The van der Waals surface area contributed by atoms with Crippen molar-refractivity contribution in [2.75, 3.05) is 19.0 Å². The summed E-state index contributed by atoms with van der Waals surface area (Å²) in [5, 5.41) is 12.8. The first-order chi connectivity index (χ1) is 15.7. The summed E-state index contributed by atoms with van der Waals surface area (Å²) in [5.41, 5.74) is 3.04. The number of fused-ring (bicyclic) bond motifs is 2. The predicted molar refractivity (Wildman–Crippen MR) is 116 cm³/mol. The van der Waals surface area contributed by atoms with E-state index in [4.69, 9.17) is 9.47 Å². The molecule has 0 saturated carbocycles. The van der Waals surface area contributed by atoms with E-state index in [0.717, 1.165) is 5.82 Å². The third-order valence-corrected chi connectivity index (χ3v) is 5.39. The number of nitriles is 1. The molecule has 1 unspecified atom stereocenters. The second-order valence-electron chi connectivity index (χ2n) is 7.25. The van der Waals surface area contributed by atoms with Crippen LogP contribution in [0.15, 0.2) is 49.1 Å². The van der Waals surface area contributed by atoms with Crippen LogP contribution in [0.25, 0.3) is 10.9 Å². The standard InChI is InChI=1S/C23H18N6O3/c1-31-18-9-15-17(10-19(18)32-7-4-20-25-5-6-26-20)27-12-28-22(15)21-14-8-13(11-24)2-3-16(14)29-23(21)30/h2-3,5-6,8-10,12,21H,4,7H2,1H3,(H,25,26)(H,29,30). The first-order valence-corrected chi connectivity index (χ1v) is 9.96. The summed E-state index contributed by atoms with van der Waals surface area (Å²) in [6.07, 6.45) is 5.50. The zero-order valence-corrected chi connectivity index (χ0v) is 17.1. The Labute approximate surface area is 183 Å². The van der Waals surface area contributed by atoms with E-state index in [-0.39, 0.29) is 5.91 Å². The van der Waals surface area contributed by atoms with Crippen molar-refractivity contribution in [3.63, 3.8) is 0 Å². The fourth-order valence-corrected chi connectivity index (χ4v) is 3.88. The topological polar surface area (TPSA) is 126 Å². The second kappa shape index (κ2) is 8.00. The van der Waals surface area contributed by atoms with E-state index in [1.807, 2.05) is 0 Å². The van der Waals surface area contributed by atoms with Gasteiger partial charge in [-0.3, -0.25) is 4.79 Å². The molecule has 1 atom stereocenters. The molecule has 158 valence electrons. The quantitative estimate of drug-likeness (QED) is 0.485. The van der Waals surface area contributed by atoms with Crippen LogP contribution >= 0.6 is 0 Å². The van der Waals surface area contributed by atoms with Gasteiger partial charge in [-0.1, -0.05) is 0 Å². The number of H-pyrrole nitrogens is 1. The number of hydrogen-bond donors (Lipinski definition) is 2. The first kappa shape index (κ1) is 19.5. The van der Waals surface area contributed by atoms with E-state index in [1.165, 1.54) is 6.33 Å². The van der Waals surface area contributed by atoms with Gasteiger partial charge >= 0.3 is 0 Å². The average Bonchev–Trinajstić information content (AvgIpc) is 3.44. The Morgan fingerprint density at radius 1 is 1.16 bits per heavy atom. The van der Waals surface area contributed by atoms with Crippen LogP contribution in [0, 0.1) is 11.3 Å². The number of amides is 1. The van der Waals surface area contributed by atoms with Crippen molar-refractivity contribution in [2.24, 2.45) is 0 Å². The van der Waals surface area contributed by atoms with Crippen molar-refractivity contribution in [3.05, 3.63) is 71.7 Å². The minimum Gasteiger partial charge on any atom is -0.493 e. The maximum atomic E-state index is 12.8. The number of nitrogens with one attached hydrogen (secondary N) is 2. The van der Waals surface area contributed by atoms with Gasteiger partial charge in [-0.15, -0.1) is 0 Å². The molecular formula is C23H18N6O3. The summed E-state index contributed by atoms with van der Waals surface area (Å²) < 4.78 is 11.5. The molecule has 0 aliphatic carbocycles. The molecule has 4 aromatic rings. The minimum absolute atomic E-state index is 0.201. The number of methoxy groups -OCH3 is 1. The molecule has 0 fully saturated rings. The lowest BCUT2D eigenvalue weighted by Crippen LogP contribution is -2.15. The van der Waals surface area contributed by atoms with Crippen molar-refractivity contribution >= 4 is 22.5 Å². The van der Waals surface area contributed by atoms with E-state index in [1.54, 1.807) is 49.8 Å². The van der Waals surface area contributed by atoms with Gasteiger partial charge in [0.2, 0.25) is 5.91 Å². The predicted octanol–water partition coefficient (Wildman–Crippen LogP) is 2.94. The Bertz CT molecular complexity index is 1360. The van der Waals surface area contributed by atoms with E-state index < -0.39 is 5.92 Å². The monoisotopic (exact) mass is 426 g/mol. The number of carbonyl (C=O) groups is 1. The number of imidazole rings is 1. The Morgan fingerprint density at radius 3 is 2.84 bits per heavy atom. The van der Waals surface area contributed by atoms with Crippen molar-refractivity contribution < 1.29 is 14.3 Å². The van der Waals surface area contributed by atoms with Crippen molar-refractivity contribution in [1.82, 2.24) is 19.9 Å². The maximum absolute atomic E-state index is 12.8. The van der Waals surface area contributed by atoms with Crippen LogP contribution in [0.5, 0.6) is 11.5 Å². The molecule has 2 aromatic heterocycles. The molecular weight excluding hydrogens is 408 g/mol. The number of anilines is 1. The number of nitrogens with zero attached hydrogens (tertiary/aromatic N) is 4. The van der Waals surface area contributed by atoms with Gasteiger partial charge in [-0.2, -0.15) is 5.26 Å². The lowest BCUT2D eigenvalue weighted by Gasteiger charge is -2.15. The second-order valence-corrected chi connectivity index (χ2v) is 7.25. The molecule has 2 N–H and O–H groups in total. The van der Waals surface area contributed by atoms with Crippen molar-refractivity contribution in [2.45, 2.75) is 12.3 Å². The van der Waals surface area contributed by atoms with Crippen LogP contribution in [0.3, 0.4) is 0 Å². The lowest BCUT2D eigenvalue weighted by atomic mass is 9.93. The summed E-state index contributed by atoms with van der Waals surface area (Å²) in [7, 11) is 1.56. The molecule has 3 heterocycles. The summed E-state index contributed by atoms with van der Waals surface area (Å²) in [4.78, 5) is 28.9. The van der Waals surface area contributed by atoms with Crippen LogP contribution in [-0.2, 0) is 11.2 Å². The summed E-state index contributed by atoms with van der Waals surface area (Å²) in [6.45, 7) is 0.405. The van der Waals surface area contributed by atoms with E-state index in [0.29, 0.717) is 57.9 Å². The highest BCUT2D eigenvalue weighted by Crippen LogP contribution is 2.41. The molecule has 1 aliphatic heterocycles. The van der Waals surface area contributed by atoms with E-state index in [2.05, 4.69) is 31.3 Å². The fourth-order valence-electron chi connectivity index (χ4n) is 3.88. The Morgan fingerprint density at radius 2 is 2.06 bits per heavy atom. The first-order valence-electron chi connectivity index (χ1n) is 9.96. The Hall–Kier alpha value is -4.45. The van der Waals surface area contributed by atoms with Gasteiger partial charge in [0.25, 0.3) is 0 Å². The van der Waals surface area contributed by atoms with Gasteiger partial charge in [0.1, 0.15) is 18.1 Å². The highest BCUT2D eigenvalue weighted by atomic mass is 16.5. The van der Waals surface area contributed by atoms with Gasteiger partial charge in [0, 0.05) is 36.0 Å². The number of carbonyl (C=O) groups excluding carboxylic acids is 1.